The third kappa shape index (κ3) is 3.79. The fourth-order valence-corrected chi connectivity index (χ4v) is 5.02. The molecule has 4 rings (SSSR count). The average molecular weight is 417 g/mol. The van der Waals surface area contributed by atoms with Crippen LogP contribution in [0.4, 0.5) is 5.69 Å². The van der Waals surface area contributed by atoms with Gasteiger partial charge in [-0.25, -0.2) is 18.5 Å². The molecule has 0 aliphatic carbocycles. The van der Waals surface area contributed by atoms with Gasteiger partial charge in [-0.3, -0.25) is 9.69 Å². The second-order valence-corrected chi connectivity index (χ2v) is 9.56. The molecule has 28 heavy (non-hydrogen) atoms. The molecular weight excluding hydrogens is 396 g/mol. The van der Waals surface area contributed by atoms with Crippen LogP contribution in [0.15, 0.2) is 47.4 Å². The van der Waals surface area contributed by atoms with Crippen LogP contribution >= 0.6 is 11.3 Å². The molecule has 0 atom stereocenters. The molecule has 1 aliphatic rings. The van der Waals surface area contributed by atoms with Crippen molar-refractivity contribution in [3.05, 3.63) is 53.0 Å². The normalized spacial score (nSPS) is 14.0. The maximum atomic E-state index is 12.8. The molecule has 0 saturated carbocycles. The highest BCUT2D eigenvalue weighted by Crippen LogP contribution is 2.30. The zero-order chi connectivity index (χ0) is 19.9. The number of amides is 1. The molecule has 1 aliphatic heterocycles. The summed E-state index contributed by atoms with van der Waals surface area (Å²) in [7, 11) is -1.85. The van der Waals surface area contributed by atoms with E-state index in [-0.39, 0.29) is 17.3 Å². The van der Waals surface area contributed by atoms with Crippen molar-refractivity contribution in [2.75, 3.05) is 25.0 Å². The van der Waals surface area contributed by atoms with E-state index < -0.39 is 10.0 Å². The van der Waals surface area contributed by atoms with Crippen molar-refractivity contribution in [3.63, 3.8) is 0 Å². The number of nitrogens with two attached hydrogens (primary N) is 1. The summed E-state index contributed by atoms with van der Waals surface area (Å²) in [5, 5.41) is 6.16. The van der Waals surface area contributed by atoms with Gasteiger partial charge in [0.25, 0.3) is 0 Å². The van der Waals surface area contributed by atoms with Crippen LogP contribution in [-0.2, 0) is 27.8 Å². The van der Waals surface area contributed by atoms with Gasteiger partial charge in [-0.05, 0) is 49.4 Å². The first-order valence-corrected chi connectivity index (χ1v) is 11.2. The standard InChI is InChI=1S/C19H20N4O3S2/c1-22(11-18-21-15-4-2-3-5-17(15)27-18)12-19(24)23-9-8-13-10-14(28(20,25)26)6-7-16(13)23/h2-7,10H,8-9,11-12H2,1H3,(H2,20,25,26). The number of likely N-dealkylation sites (N-methyl/N-ethyl adjacent to an activating group) is 1. The lowest BCUT2D eigenvalue weighted by Crippen LogP contribution is -2.37. The van der Waals surface area contributed by atoms with Crippen LogP contribution in [0.2, 0.25) is 0 Å². The Balaban J connectivity index is 1.44. The number of carbonyl (C=O) groups is 1. The number of hydrogen-bond donors (Lipinski definition) is 1. The Hall–Kier alpha value is -2.33. The van der Waals surface area contributed by atoms with Gasteiger partial charge in [0.2, 0.25) is 15.9 Å². The molecule has 2 aromatic carbocycles. The summed E-state index contributed by atoms with van der Waals surface area (Å²) in [6.07, 6.45) is 0.617. The fourth-order valence-electron chi connectivity index (χ4n) is 3.40. The number of aromatic nitrogens is 1. The Morgan fingerprint density at radius 2 is 2.07 bits per heavy atom. The molecule has 0 bridgehead atoms. The van der Waals surface area contributed by atoms with E-state index in [4.69, 9.17) is 5.14 Å². The highest BCUT2D eigenvalue weighted by atomic mass is 32.2. The number of rotatable bonds is 5. The third-order valence-electron chi connectivity index (χ3n) is 4.72. The van der Waals surface area contributed by atoms with Crippen molar-refractivity contribution >= 4 is 43.2 Å². The van der Waals surface area contributed by atoms with Gasteiger partial charge >= 0.3 is 0 Å². The highest BCUT2D eigenvalue weighted by Gasteiger charge is 2.26. The number of primary sulfonamides is 1. The number of anilines is 1. The van der Waals surface area contributed by atoms with Crippen LogP contribution in [0.25, 0.3) is 10.2 Å². The van der Waals surface area contributed by atoms with E-state index in [2.05, 4.69) is 4.98 Å². The molecule has 7 nitrogen and oxygen atoms in total. The van der Waals surface area contributed by atoms with Gasteiger partial charge in [0.05, 0.1) is 28.2 Å². The predicted molar refractivity (Wildman–Crippen MR) is 110 cm³/mol. The number of para-hydroxylation sites is 1. The topological polar surface area (TPSA) is 96.6 Å². The molecule has 2 N–H and O–H groups in total. The second kappa shape index (κ2) is 7.25. The number of nitrogens with zero attached hydrogens (tertiary/aromatic N) is 3. The lowest BCUT2D eigenvalue weighted by Gasteiger charge is -2.21. The van der Waals surface area contributed by atoms with Gasteiger partial charge in [0.15, 0.2) is 0 Å². The van der Waals surface area contributed by atoms with Crippen molar-refractivity contribution < 1.29 is 13.2 Å². The molecule has 1 amide bonds. The first kappa shape index (κ1) is 19.0. The molecule has 0 unspecified atom stereocenters. The quantitative estimate of drug-likeness (QED) is 0.686. The van der Waals surface area contributed by atoms with E-state index >= 15 is 0 Å². The van der Waals surface area contributed by atoms with Gasteiger partial charge in [0, 0.05) is 12.2 Å². The van der Waals surface area contributed by atoms with E-state index in [0.29, 0.717) is 19.5 Å². The van der Waals surface area contributed by atoms with Crippen LogP contribution in [0.5, 0.6) is 0 Å². The zero-order valence-electron chi connectivity index (χ0n) is 15.3. The van der Waals surface area contributed by atoms with Gasteiger partial charge in [0.1, 0.15) is 5.01 Å². The van der Waals surface area contributed by atoms with Crippen LogP contribution in [0, 0.1) is 0 Å². The summed E-state index contributed by atoms with van der Waals surface area (Å²) < 4.78 is 24.2. The van der Waals surface area contributed by atoms with Crippen molar-refractivity contribution in [2.24, 2.45) is 5.14 Å². The molecule has 0 radical (unpaired) electrons. The van der Waals surface area contributed by atoms with Crippen LogP contribution < -0.4 is 10.0 Å². The highest BCUT2D eigenvalue weighted by molar-refractivity contribution is 7.89. The van der Waals surface area contributed by atoms with Gasteiger partial charge in [-0.15, -0.1) is 11.3 Å². The first-order chi connectivity index (χ1) is 13.3. The summed E-state index contributed by atoms with van der Waals surface area (Å²) in [5.41, 5.74) is 2.56. The monoisotopic (exact) mass is 416 g/mol. The number of benzene rings is 2. The Kier molecular flexibility index (Phi) is 4.92. The van der Waals surface area contributed by atoms with E-state index in [1.54, 1.807) is 28.4 Å². The maximum Gasteiger partial charge on any atom is 0.241 e. The van der Waals surface area contributed by atoms with E-state index in [9.17, 15) is 13.2 Å². The minimum absolute atomic E-state index is 0.0225. The fraction of sp³-hybridized carbons (Fsp3) is 0.263. The van der Waals surface area contributed by atoms with Gasteiger partial charge in [-0.1, -0.05) is 12.1 Å². The Morgan fingerprint density at radius 1 is 1.29 bits per heavy atom. The predicted octanol–water partition coefficient (Wildman–Crippen LogP) is 1.96. The van der Waals surface area contributed by atoms with Gasteiger partial charge in [-0.2, -0.15) is 0 Å². The summed E-state index contributed by atoms with van der Waals surface area (Å²) in [4.78, 5) is 21.1. The summed E-state index contributed by atoms with van der Waals surface area (Å²) >= 11 is 1.63. The number of carbonyl (C=O) groups excluding carboxylic acids is 1. The molecule has 2 heterocycles. The van der Waals surface area contributed by atoms with Crippen LogP contribution in [0.1, 0.15) is 10.6 Å². The lowest BCUT2D eigenvalue weighted by atomic mass is 10.2. The molecule has 0 saturated heterocycles. The zero-order valence-corrected chi connectivity index (χ0v) is 17.0. The van der Waals surface area contributed by atoms with E-state index in [1.807, 2.05) is 36.2 Å². The Labute approximate surface area is 167 Å². The molecule has 1 aromatic heterocycles. The van der Waals surface area contributed by atoms with Crippen LogP contribution in [-0.4, -0.2) is 44.3 Å². The largest absolute Gasteiger partial charge is 0.311 e. The van der Waals surface area contributed by atoms with Crippen LogP contribution in [0.3, 0.4) is 0 Å². The van der Waals surface area contributed by atoms with Crippen molar-refractivity contribution in [2.45, 2.75) is 17.9 Å². The average Bonchev–Trinajstić information content (AvgIpc) is 3.23. The summed E-state index contributed by atoms with van der Waals surface area (Å²) in [6.45, 7) is 1.39. The maximum absolute atomic E-state index is 12.8. The van der Waals surface area contributed by atoms with Crippen molar-refractivity contribution in [3.8, 4) is 0 Å². The Bertz CT molecular complexity index is 1120. The Morgan fingerprint density at radius 3 is 2.82 bits per heavy atom. The lowest BCUT2D eigenvalue weighted by molar-refractivity contribution is -0.119. The summed E-state index contributed by atoms with van der Waals surface area (Å²) in [5.74, 6) is -0.0225. The first-order valence-electron chi connectivity index (χ1n) is 8.80. The second-order valence-electron chi connectivity index (χ2n) is 6.88. The van der Waals surface area contributed by atoms with Crippen molar-refractivity contribution in [1.29, 1.82) is 0 Å². The minimum atomic E-state index is -3.74. The molecule has 0 fully saturated rings. The van der Waals surface area contributed by atoms with E-state index in [0.717, 1.165) is 26.5 Å². The van der Waals surface area contributed by atoms with Crippen molar-refractivity contribution in [1.82, 2.24) is 9.88 Å². The smallest absolute Gasteiger partial charge is 0.241 e. The summed E-state index contributed by atoms with van der Waals surface area (Å²) in [6, 6.07) is 12.6. The third-order valence-corrected chi connectivity index (χ3v) is 6.66. The van der Waals surface area contributed by atoms with Gasteiger partial charge < -0.3 is 4.90 Å². The SMILES string of the molecule is CN(CC(=O)N1CCc2cc(S(N)(=O)=O)ccc21)Cc1nc2ccccc2s1. The molecule has 3 aromatic rings. The molecular formula is C19H20N4O3S2. The number of fused-ring (bicyclic) bond motifs is 2. The number of thiazole rings is 1. The number of hydrogen-bond acceptors (Lipinski definition) is 6. The molecule has 146 valence electrons. The van der Waals surface area contributed by atoms with E-state index in [1.165, 1.54) is 6.07 Å². The minimum Gasteiger partial charge on any atom is -0.311 e. The molecule has 0 spiro atoms. The molecule has 9 heteroatoms. The number of sulfonamides is 1.